The average molecular weight is 407 g/mol. The smallest absolute Gasteiger partial charge is 0.273 e. The van der Waals surface area contributed by atoms with E-state index in [0.29, 0.717) is 12.0 Å². The molecule has 0 radical (unpaired) electrons. The molecular weight excluding hydrogens is 390 g/mol. The lowest BCUT2D eigenvalue weighted by atomic mass is 10.1. The number of alkyl halides is 3. The fourth-order valence-electron chi connectivity index (χ4n) is 2.99. The van der Waals surface area contributed by atoms with E-state index >= 15 is 0 Å². The van der Waals surface area contributed by atoms with Crippen LogP contribution >= 0.6 is 0 Å². The molecule has 0 saturated heterocycles. The summed E-state index contributed by atoms with van der Waals surface area (Å²) in [5, 5.41) is -0.259. The Bertz CT molecular complexity index is 1120. The molecule has 0 spiro atoms. The molecule has 0 fully saturated rings. The van der Waals surface area contributed by atoms with Gasteiger partial charge in [0.1, 0.15) is 11.6 Å². The molecule has 0 aliphatic heterocycles. The van der Waals surface area contributed by atoms with Gasteiger partial charge in [0.15, 0.2) is 0 Å². The normalized spacial score (nSPS) is 11.6. The second-order valence-corrected chi connectivity index (χ2v) is 6.46. The van der Waals surface area contributed by atoms with Gasteiger partial charge < -0.3 is 0 Å². The van der Waals surface area contributed by atoms with Gasteiger partial charge in [0.05, 0.1) is 22.9 Å². The number of halogens is 4. The molecule has 0 atom stereocenters. The lowest BCUT2D eigenvalue weighted by Gasteiger charge is -2.16. The number of hydrogen-bond acceptors (Lipinski definition) is 3. The first-order valence-corrected chi connectivity index (χ1v) is 8.87. The number of fused-ring (bicyclic) bond motifs is 1. The van der Waals surface area contributed by atoms with E-state index in [1.54, 1.807) is 13.0 Å². The first-order valence-electron chi connectivity index (χ1n) is 8.87. The largest absolute Gasteiger partial charge is 0.418 e. The maximum absolute atomic E-state index is 13.3. The number of para-hydroxylation sites is 1. The van der Waals surface area contributed by atoms with Crippen molar-refractivity contribution in [3.05, 3.63) is 75.6 Å². The molecule has 0 saturated carbocycles. The van der Waals surface area contributed by atoms with Crippen LogP contribution in [-0.2, 0) is 23.8 Å². The van der Waals surface area contributed by atoms with Crippen molar-refractivity contribution in [3.63, 3.8) is 0 Å². The van der Waals surface area contributed by atoms with Gasteiger partial charge in [0, 0.05) is 6.42 Å². The lowest BCUT2D eigenvalue weighted by Crippen LogP contribution is -2.37. The number of benzene rings is 2. The van der Waals surface area contributed by atoms with Crippen LogP contribution in [0.2, 0.25) is 0 Å². The Kier molecular flexibility index (Phi) is 5.67. The number of rotatable bonds is 5. The lowest BCUT2D eigenvalue weighted by molar-refractivity contribution is -0.136. The summed E-state index contributed by atoms with van der Waals surface area (Å²) in [5.41, 5.74) is 0.496. The molecule has 0 aliphatic rings. The Labute approximate surface area is 163 Å². The molecule has 0 aliphatic carbocycles. The Morgan fingerprint density at radius 1 is 1.17 bits per heavy atom. The second-order valence-electron chi connectivity index (χ2n) is 6.46. The van der Waals surface area contributed by atoms with Gasteiger partial charge in [-0.1, -0.05) is 25.1 Å². The number of aryl methyl sites for hydroxylation is 1. The molecular formula is C20H17F4N3O2. The first-order chi connectivity index (χ1) is 13.7. The Morgan fingerprint density at radius 2 is 1.90 bits per heavy atom. The van der Waals surface area contributed by atoms with Gasteiger partial charge in [0.2, 0.25) is 5.91 Å². The first kappa shape index (κ1) is 20.5. The molecule has 2 aromatic carbocycles. The number of carbonyl (C=O) groups excluding carboxylic acids is 1. The summed E-state index contributed by atoms with van der Waals surface area (Å²) in [6.45, 7) is 1.77. The van der Waals surface area contributed by atoms with Gasteiger partial charge in [0.25, 0.3) is 5.56 Å². The van der Waals surface area contributed by atoms with Crippen molar-refractivity contribution < 1.29 is 22.4 Å². The van der Waals surface area contributed by atoms with Crippen molar-refractivity contribution in [1.82, 2.24) is 9.66 Å². The number of aromatic nitrogens is 2. The highest BCUT2D eigenvalue weighted by Crippen LogP contribution is 2.33. The molecule has 152 valence electrons. The Balaban J connectivity index is 2.05. The fourth-order valence-corrected chi connectivity index (χ4v) is 2.99. The van der Waals surface area contributed by atoms with E-state index in [4.69, 9.17) is 0 Å². The highest BCUT2D eigenvalue weighted by Gasteiger charge is 2.34. The summed E-state index contributed by atoms with van der Waals surface area (Å²) in [6.07, 6.45) is -4.21. The third-order valence-electron chi connectivity index (χ3n) is 4.24. The topological polar surface area (TPSA) is 64.0 Å². The molecule has 9 heteroatoms. The van der Waals surface area contributed by atoms with Gasteiger partial charge in [-0.2, -0.15) is 13.2 Å². The van der Waals surface area contributed by atoms with E-state index in [0.717, 1.165) is 16.8 Å². The summed E-state index contributed by atoms with van der Waals surface area (Å²) in [5.74, 6) is -1.12. The van der Waals surface area contributed by atoms with Crippen molar-refractivity contribution in [2.45, 2.75) is 32.4 Å². The standard InChI is InChI=1S/C20H17F4N3O2/c1-2-5-16-25-18-14(8-4-9-15(18)20(22,23)24)19(29)27(16)26-17(28)11-12-6-3-7-13(21)10-12/h3-4,6-10H,2,5,11H2,1H3,(H,26,28). The zero-order valence-electron chi connectivity index (χ0n) is 15.4. The molecule has 1 amide bonds. The van der Waals surface area contributed by atoms with Crippen LogP contribution in [0.15, 0.2) is 47.3 Å². The number of carbonyl (C=O) groups is 1. The van der Waals surface area contributed by atoms with Crippen molar-refractivity contribution in [2.24, 2.45) is 0 Å². The third kappa shape index (κ3) is 4.44. The van der Waals surface area contributed by atoms with Gasteiger partial charge in [-0.15, -0.1) is 0 Å². The molecule has 0 unspecified atom stereocenters. The highest BCUT2D eigenvalue weighted by atomic mass is 19.4. The van der Waals surface area contributed by atoms with E-state index in [9.17, 15) is 27.2 Å². The predicted molar refractivity (Wildman–Crippen MR) is 99.5 cm³/mol. The van der Waals surface area contributed by atoms with E-state index in [-0.39, 0.29) is 24.1 Å². The summed E-state index contributed by atoms with van der Waals surface area (Å²) >= 11 is 0. The van der Waals surface area contributed by atoms with Crippen LogP contribution < -0.4 is 11.0 Å². The van der Waals surface area contributed by atoms with E-state index in [1.165, 1.54) is 24.3 Å². The molecule has 0 bridgehead atoms. The van der Waals surface area contributed by atoms with Crippen LogP contribution in [-0.4, -0.2) is 15.6 Å². The Morgan fingerprint density at radius 3 is 2.55 bits per heavy atom. The van der Waals surface area contributed by atoms with Gasteiger partial charge >= 0.3 is 6.18 Å². The van der Waals surface area contributed by atoms with Crippen LogP contribution in [0.3, 0.4) is 0 Å². The summed E-state index contributed by atoms with van der Waals surface area (Å²) in [4.78, 5) is 29.2. The summed E-state index contributed by atoms with van der Waals surface area (Å²) < 4.78 is 54.1. The molecule has 3 rings (SSSR count). The number of amides is 1. The molecule has 1 N–H and O–H groups in total. The van der Waals surface area contributed by atoms with Crippen LogP contribution in [0.25, 0.3) is 10.9 Å². The van der Waals surface area contributed by atoms with Crippen molar-refractivity contribution in [2.75, 3.05) is 5.43 Å². The zero-order chi connectivity index (χ0) is 21.2. The van der Waals surface area contributed by atoms with E-state index < -0.39 is 34.5 Å². The monoisotopic (exact) mass is 407 g/mol. The van der Waals surface area contributed by atoms with Crippen LogP contribution in [0, 0.1) is 5.82 Å². The maximum Gasteiger partial charge on any atom is 0.418 e. The third-order valence-corrected chi connectivity index (χ3v) is 4.24. The second kappa shape index (κ2) is 8.02. The molecule has 1 aromatic heterocycles. The average Bonchev–Trinajstić information content (AvgIpc) is 2.64. The minimum atomic E-state index is -4.67. The minimum Gasteiger partial charge on any atom is -0.273 e. The fraction of sp³-hybridized carbons (Fsp3) is 0.250. The van der Waals surface area contributed by atoms with Crippen LogP contribution in [0.1, 0.15) is 30.3 Å². The van der Waals surface area contributed by atoms with Crippen LogP contribution in [0.5, 0.6) is 0 Å². The summed E-state index contributed by atoms with van der Waals surface area (Å²) in [7, 11) is 0. The molecule has 5 nitrogen and oxygen atoms in total. The molecule has 29 heavy (non-hydrogen) atoms. The van der Waals surface area contributed by atoms with E-state index in [2.05, 4.69) is 10.4 Å². The van der Waals surface area contributed by atoms with Gasteiger partial charge in [-0.3, -0.25) is 15.0 Å². The van der Waals surface area contributed by atoms with Gasteiger partial charge in [-0.25, -0.2) is 14.1 Å². The van der Waals surface area contributed by atoms with E-state index in [1.807, 2.05) is 0 Å². The van der Waals surface area contributed by atoms with Gasteiger partial charge in [-0.05, 0) is 36.2 Å². The number of nitrogens with one attached hydrogen (secondary N) is 1. The SMILES string of the molecule is CCCc1nc2c(C(F)(F)F)cccc2c(=O)n1NC(=O)Cc1cccc(F)c1. The minimum absolute atomic E-state index is 0.00860. The maximum atomic E-state index is 13.3. The number of hydrogen-bond donors (Lipinski definition) is 1. The van der Waals surface area contributed by atoms with Crippen LogP contribution in [0.4, 0.5) is 17.6 Å². The number of nitrogens with zero attached hydrogens (tertiary/aromatic N) is 2. The van der Waals surface area contributed by atoms with Crippen molar-refractivity contribution in [3.8, 4) is 0 Å². The Hall–Kier alpha value is -3.23. The summed E-state index contributed by atoms with van der Waals surface area (Å²) in [6, 6.07) is 8.62. The zero-order valence-corrected chi connectivity index (χ0v) is 15.4. The van der Waals surface area contributed by atoms with Crippen molar-refractivity contribution >= 4 is 16.8 Å². The molecule has 1 heterocycles. The predicted octanol–water partition coefficient (Wildman–Crippen LogP) is 3.82. The highest BCUT2D eigenvalue weighted by molar-refractivity contribution is 5.87. The quantitative estimate of drug-likeness (QED) is 0.654. The van der Waals surface area contributed by atoms with Crippen molar-refractivity contribution in [1.29, 1.82) is 0 Å². The molecule has 3 aromatic rings.